The van der Waals surface area contributed by atoms with Crippen LogP contribution >= 0.6 is 0 Å². The topological polar surface area (TPSA) is 62.6 Å². The molecule has 0 radical (unpaired) electrons. The predicted molar refractivity (Wildman–Crippen MR) is 129 cm³/mol. The van der Waals surface area contributed by atoms with E-state index in [0.29, 0.717) is 12.6 Å². The van der Waals surface area contributed by atoms with Gasteiger partial charge in [-0.15, -0.1) is 0 Å². The molecule has 1 amide bonds. The van der Waals surface area contributed by atoms with Crippen LogP contribution in [-0.4, -0.2) is 77.2 Å². The standard InChI is InChI=1S/C25H39N5O2/c1-5-28-13-11-21(12-14-28)29(6-2)24(31)20-9-10-23-22(15-20)27-25(26-18(3)17-32-4)30(23)16-19-7-8-19/h9-10,15,18-19,21H,5-8,11-14,16-17H2,1-4H3,(H,26,27)/t18-/m0/s1. The van der Waals surface area contributed by atoms with E-state index in [1.165, 1.54) is 12.8 Å². The number of ether oxygens (including phenoxy) is 1. The lowest BCUT2D eigenvalue weighted by atomic mass is 10.0. The molecule has 0 spiro atoms. The summed E-state index contributed by atoms with van der Waals surface area (Å²) >= 11 is 0. The van der Waals surface area contributed by atoms with E-state index in [2.05, 4.69) is 46.5 Å². The van der Waals surface area contributed by atoms with Crippen molar-refractivity contribution in [1.82, 2.24) is 19.4 Å². The van der Waals surface area contributed by atoms with Gasteiger partial charge in [-0.05, 0) is 70.2 Å². The van der Waals surface area contributed by atoms with Crippen LogP contribution in [0.4, 0.5) is 5.95 Å². The van der Waals surface area contributed by atoms with Crippen molar-refractivity contribution in [2.24, 2.45) is 5.92 Å². The third-order valence-electron chi connectivity index (χ3n) is 6.97. The second-order valence-corrected chi connectivity index (χ2v) is 9.45. The summed E-state index contributed by atoms with van der Waals surface area (Å²) in [6, 6.07) is 6.54. The summed E-state index contributed by atoms with van der Waals surface area (Å²) in [7, 11) is 1.72. The monoisotopic (exact) mass is 441 g/mol. The molecular formula is C25H39N5O2. The fraction of sp³-hybridized carbons (Fsp3) is 0.680. The van der Waals surface area contributed by atoms with Gasteiger partial charge in [0.25, 0.3) is 5.91 Å². The van der Waals surface area contributed by atoms with Gasteiger partial charge in [-0.1, -0.05) is 6.92 Å². The first-order valence-electron chi connectivity index (χ1n) is 12.3. The fourth-order valence-electron chi connectivity index (χ4n) is 4.91. The average Bonchev–Trinajstić information content (AvgIpc) is 3.56. The van der Waals surface area contributed by atoms with Crippen molar-refractivity contribution in [2.45, 2.75) is 65.1 Å². The minimum absolute atomic E-state index is 0.128. The maximum absolute atomic E-state index is 13.5. The Morgan fingerprint density at radius 1 is 1.25 bits per heavy atom. The molecule has 7 nitrogen and oxygen atoms in total. The largest absolute Gasteiger partial charge is 0.383 e. The zero-order valence-electron chi connectivity index (χ0n) is 20.1. The highest BCUT2D eigenvalue weighted by molar-refractivity contribution is 5.98. The third kappa shape index (κ3) is 5.09. The third-order valence-corrected chi connectivity index (χ3v) is 6.97. The highest BCUT2D eigenvalue weighted by Crippen LogP contribution is 2.34. The summed E-state index contributed by atoms with van der Waals surface area (Å²) in [5, 5.41) is 3.50. The first-order valence-corrected chi connectivity index (χ1v) is 12.3. The number of methoxy groups -OCH3 is 1. The van der Waals surface area contributed by atoms with Crippen LogP contribution in [0, 0.1) is 5.92 Å². The molecule has 1 saturated heterocycles. The predicted octanol–water partition coefficient (Wildman–Crippen LogP) is 3.84. The number of amides is 1. The number of carbonyl (C=O) groups excluding carboxylic acids is 1. The molecule has 1 N–H and O–H groups in total. The minimum Gasteiger partial charge on any atom is -0.383 e. The molecule has 2 heterocycles. The van der Waals surface area contributed by atoms with Crippen molar-refractivity contribution < 1.29 is 9.53 Å². The Balaban J connectivity index is 1.57. The molecule has 1 aromatic heterocycles. The number of rotatable bonds is 10. The number of piperidine rings is 1. The first-order chi connectivity index (χ1) is 15.5. The van der Waals surface area contributed by atoms with E-state index in [4.69, 9.17) is 9.72 Å². The lowest BCUT2D eigenvalue weighted by Crippen LogP contribution is -2.47. The Morgan fingerprint density at radius 2 is 2.00 bits per heavy atom. The Morgan fingerprint density at radius 3 is 2.62 bits per heavy atom. The molecule has 2 fully saturated rings. The van der Waals surface area contributed by atoms with Crippen LogP contribution in [0.15, 0.2) is 18.2 Å². The molecular weight excluding hydrogens is 402 g/mol. The molecule has 1 aromatic carbocycles. The lowest BCUT2D eigenvalue weighted by molar-refractivity contribution is 0.0592. The highest BCUT2D eigenvalue weighted by atomic mass is 16.5. The summed E-state index contributed by atoms with van der Waals surface area (Å²) in [6.07, 6.45) is 4.67. The molecule has 1 atom stereocenters. The van der Waals surface area contributed by atoms with Crippen LogP contribution in [0.3, 0.4) is 0 Å². The maximum atomic E-state index is 13.5. The summed E-state index contributed by atoms with van der Waals surface area (Å²) < 4.78 is 7.57. The number of anilines is 1. The zero-order chi connectivity index (χ0) is 22.7. The molecule has 2 aliphatic rings. The molecule has 32 heavy (non-hydrogen) atoms. The van der Waals surface area contributed by atoms with Gasteiger partial charge < -0.3 is 24.4 Å². The van der Waals surface area contributed by atoms with E-state index in [1.54, 1.807) is 7.11 Å². The minimum atomic E-state index is 0.128. The van der Waals surface area contributed by atoms with Crippen LogP contribution in [0.1, 0.15) is 56.8 Å². The molecule has 176 valence electrons. The quantitative estimate of drug-likeness (QED) is 0.607. The second-order valence-electron chi connectivity index (χ2n) is 9.45. The SMILES string of the molecule is CCN1CCC(N(CC)C(=O)c2ccc3c(c2)nc(N[C@@H](C)COC)n3CC2CC2)CC1. The van der Waals surface area contributed by atoms with Crippen molar-refractivity contribution in [3.05, 3.63) is 23.8 Å². The summed E-state index contributed by atoms with van der Waals surface area (Å²) in [4.78, 5) is 22.9. The van der Waals surface area contributed by atoms with Gasteiger partial charge in [-0.3, -0.25) is 4.79 Å². The average molecular weight is 442 g/mol. The van der Waals surface area contributed by atoms with Gasteiger partial charge in [0.2, 0.25) is 5.95 Å². The maximum Gasteiger partial charge on any atom is 0.254 e. The Kier molecular flexibility index (Phi) is 7.36. The fourth-order valence-corrected chi connectivity index (χ4v) is 4.91. The number of imidazole rings is 1. The number of likely N-dealkylation sites (tertiary alicyclic amines) is 1. The number of nitrogens with zero attached hydrogens (tertiary/aromatic N) is 4. The van der Waals surface area contributed by atoms with Gasteiger partial charge in [0.15, 0.2) is 0 Å². The van der Waals surface area contributed by atoms with Gasteiger partial charge in [0.1, 0.15) is 0 Å². The second kappa shape index (κ2) is 10.2. The number of nitrogens with one attached hydrogen (secondary N) is 1. The smallest absolute Gasteiger partial charge is 0.254 e. The van der Waals surface area contributed by atoms with Crippen LogP contribution in [0.25, 0.3) is 11.0 Å². The molecule has 1 aliphatic heterocycles. The van der Waals surface area contributed by atoms with E-state index < -0.39 is 0 Å². The summed E-state index contributed by atoms with van der Waals surface area (Å²) in [5.41, 5.74) is 2.73. The number of aromatic nitrogens is 2. The van der Waals surface area contributed by atoms with E-state index in [9.17, 15) is 4.79 Å². The Hall–Kier alpha value is -2.12. The molecule has 0 bridgehead atoms. The number of fused-ring (bicyclic) bond motifs is 1. The van der Waals surface area contributed by atoms with Gasteiger partial charge in [0, 0.05) is 50.9 Å². The molecule has 4 rings (SSSR count). The highest BCUT2D eigenvalue weighted by Gasteiger charge is 2.28. The zero-order valence-corrected chi connectivity index (χ0v) is 20.1. The van der Waals surface area contributed by atoms with Gasteiger partial charge in [-0.2, -0.15) is 0 Å². The van der Waals surface area contributed by atoms with E-state index in [1.807, 2.05) is 12.1 Å². The van der Waals surface area contributed by atoms with Crippen LogP contribution in [-0.2, 0) is 11.3 Å². The number of hydrogen-bond acceptors (Lipinski definition) is 5. The molecule has 0 unspecified atom stereocenters. The Bertz CT molecular complexity index is 914. The van der Waals surface area contributed by atoms with Crippen molar-refractivity contribution in [3.8, 4) is 0 Å². The number of benzene rings is 1. The molecule has 7 heteroatoms. The van der Waals surface area contributed by atoms with E-state index in [-0.39, 0.29) is 11.9 Å². The summed E-state index contributed by atoms with van der Waals surface area (Å²) in [6.45, 7) is 12.0. The van der Waals surface area contributed by atoms with Gasteiger partial charge >= 0.3 is 0 Å². The molecule has 2 aromatic rings. The Labute approximate surface area is 192 Å². The van der Waals surface area contributed by atoms with Crippen molar-refractivity contribution in [3.63, 3.8) is 0 Å². The van der Waals surface area contributed by atoms with Crippen LogP contribution in [0.2, 0.25) is 0 Å². The van der Waals surface area contributed by atoms with E-state index >= 15 is 0 Å². The molecule has 1 aliphatic carbocycles. The number of hydrogen-bond donors (Lipinski definition) is 1. The van der Waals surface area contributed by atoms with Crippen LogP contribution < -0.4 is 5.32 Å². The van der Waals surface area contributed by atoms with Gasteiger partial charge in [0.05, 0.1) is 17.6 Å². The molecule has 1 saturated carbocycles. The normalized spacial score (nSPS) is 18.8. The van der Waals surface area contributed by atoms with E-state index in [0.717, 1.165) is 74.0 Å². The van der Waals surface area contributed by atoms with Crippen molar-refractivity contribution in [1.29, 1.82) is 0 Å². The summed E-state index contributed by atoms with van der Waals surface area (Å²) in [5.74, 6) is 1.74. The van der Waals surface area contributed by atoms with Gasteiger partial charge in [-0.25, -0.2) is 4.98 Å². The van der Waals surface area contributed by atoms with Crippen molar-refractivity contribution in [2.75, 3.05) is 45.2 Å². The number of carbonyl (C=O) groups is 1. The first kappa shape index (κ1) is 23.1. The van der Waals surface area contributed by atoms with Crippen molar-refractivity contribution >= 4 is 22.9 Å². The lowest BCUT2D eigenvalue weighted by Gasteiger charge is -2.37. The van der Waals surface area contributed by atoms with Crippen LogP contribution in [0.5, 0.6) is 0 Å².